The molecule has 2 fully saturated rings. The van der Waals surface area contributed by atoms with Crippen LogP contribution in [-0.4, -0.2) is 54.5 Å². The lowest BCUT2D eigenvalue weighted by Gasteiger charge is -2.38. The quantitative estimate of drug-likeness (QED) is 0.842. The van der Waals surface area contributed by atoms with Crippen molar-refractivity contribution in [3.63, 3.8) is 0 Å². The second-order valence-electron chi connectivity index (χ2n) is 8.00. The zero-order chi connectivity index (χ0) is 16.9. The average Bonchev–Trinajstić information content (AvgIpc) is 2.97. The fraction of sp³-hybridized carbons (Fsp3) is 0.944. The molecule has 0 aromatic heterocycles. The Hall–Kier alpha value is -0.810. The van der Waals surface area contributed by atoms with E-state index < -0.39 is 5.60 Å². The van der Waals surface area contributed by atoms with E-state index in [0.717, 1.165) is 45.4 Å². The van der Waals surface area contributed by atoms with Crippen molar-refractivity contribution >= 4 is 6.09 Å². The summed E-state index contributed by atoms with van der Waals surface area (Å²) in [5.41, 5.74) is -0.428. The summed E-state index contributed by atoms with van der Waals surface area (Å²) < 4.78 is 11.2. The average molecular weight is 326 g/mol. The van der Waals surface area contributed by atoms with Crippen LogP contribution in [0.25, 0.3) is 0 Å². The summed E-state index contributed by atoms with van der Waals surface area (Å²) >= 11 is 0. The minimum atomic E-state index is -0.428. The van der Waals surface area contributed by atoms with Crippen LogP contribution in [0.3, 0.4) is 0 Å². The van der Waals surface area contributed by atoms with Gasteiger partial charge in [-0.2, -0.15) is 0 Å². The molecule has 0 aromatic carbocycles. The number of nitrogens with zero attached hydrogens (tertiary/aromatic N) is 1. The number of piperidine rings is 1. The van der Waals surface area contributed by atoms with E-state index in [1.165, 1.54) is 12.8 Å². The van der Waals surface area contributed by atoms with Crippen molar-refractivity contribution in [2.75, 3.05) is 19.7 Å². The molecule has 3 unspecified atom stereocenters. The predicted molar refractivity (Wildman–Crippen MR) is 91.6 cm³/mol. The Morgan fingerprint density at radius 2 is 2.09 bits per heavy atom. The van der Waals surface area contributed by atoms with Crippen molar-refractivity contribution in [2.24, 2.45) is 0 Å². The standard InChI is InChI=1S/C18H34N2O3/c1-14(19-13-16-9-7-11-22-16)12-15-8-5-6-10-20(15)17(21)23-18(2,3)4/h14-16,19H,5-13H2,1-4H3. The molecule has 134 valence electrons. The fourth-order valence-corrected chi connectivity index (χ4v) is 3.44. The minimum absolute atomic E-state index is 0.159. The maximum atomic E-state index is 12.4. The first-order valence-electron chi connectivity index (χ1n) is 9.20. The van der Waals surface area contributed by atoms with Gasteiger partial charge < -0.3 is 19.7 Å². The Labute approximate surface area is 141 Å². The van der Waals surface area contributed by atoms with Gasteiger partial charge >= 0.3 is 6.09 Å². The lowest BCUT2D eigenvalue weighted by Crippen LogP contribution is -2.48. The second-order valence-corrected chi connectivity index (χ2v) is 8.00. The van der Waals surface area contributed by atoms with Crippen LogP contribution >= 0.6 is 0 Å². The summed E-state index contributed by atoms with van der Waals surface area (Å²) in [6.07, 6.45) is 6.87. The highest BCUT2D eigenvalue weighted by Gasteiger charge is 2.31. The molecule has 0 aromatic rings. The van der Waals surface area contributed by atoms with Gasteiger partial charge in [0.1, 0.15) is 5.60 Å². The number of hydrogen-bond donors (Lipinski definition) is 1. The Morgan fingerprint density at radius 3 is 2.74 bits per heavy atom. The van der Waals surface area contributed by atoms with Crippen molar-refractivity contribution < 1.29 is 14.3 Å². The Morgan fingerprint density at radius 1 is 1.30 bits per heavy atom. The van der Waals surface area contributed by atoms with Crippen molar-refractivity contribution in [3.8, 4) is 0 Å². The van der Waals surface area contributed by atoms with Crippen LogP contribution in [-0.2, 0) is 9.47 Å². The van der Waals surface area contributed by atoms with Crippen LogP contribution in [0.1, 0.15) is 66.2 Å². The Kier molecular flexibility index (Phi) is 6.72. The minimum Gasteiger partial charge on any atom is -0.444 e. The molecule has 2 saturated heterocycles. The number of nitrogens with one attached hydrogen (secondary N) is 1. The topological polar surface area (TPSA) is 50.8 Å². The third-order valence-electron chi connectivity index (χ3n) is 4.60. The molecule has 2 heterocycles. The highest BCUT2D eigenvalue weighted by molar-refractivity contribution is 5.68. The molecule has 1 amide bonds. The maximum Gasteiger partial charge on any atom is 0.410 e. The molecule has 2 aliphatic heterocycles. The first-order chi connectivity index (χ1) is 10.8. The fourth-order valence-electron chi connectivity index (χ4n) is 3.44. The van der Waals surface area contributed by atoms with Crippen LogP contribution in [0.2, 0.25) is 0 Å². The predicted octanol–water partition coefficient (Wildman–Crippen LogP) is 3.32. The van der Waals surface area contributed by atoms with Crippen LogP contribution < -0.4 is 5.32 Å². The van der Waals surface area contributed by atoms with E-state index >= 15 is 0 Å². The molecule has 0 aliphatic carbocycles. The van der Waals surface area contributed by atoms with E-state index in [1.54, 1.807) is 0 Å². The number of carbonyl (C=O) groups is 1. The van der Waals surface area contributed by atoms with E-state index in [9.17, 15) is 4.79 Å². The summed E-state index contributed by atoms with van der Waals surface area (Å²) in [7, 11) is 0. The van der Waals surface area contributed by atoms with E-state index in [1.807, 2.05) is 25.7 Å². The van der Waals surface area contributed by atoms with Gasteiger partial charge in [-0.05, 0) is 66.2 Å². The zero-order valence-corrected chi connectivity index (χ0v) is 15.3. The number of rotatable bonds is 5. The molecule has 1 N–H and O–H groups in total. The molecule has 2 rings (SSSR count). The maximum absolute atomic E-state index is 12.4. The van der Waals surface area contributed by atoms with Gasteiger partial charge in [0.2, 0.25) is 0 Å². The van der Waals surface area contributed by atoms with Gasteiger partial charge in [0.05, 0.1) is 6.10 Å². The van der Waals surface area contributed by atoms with E-state index in [-0.39, 0.29) is 12.1 Å². The third kappa shape index (κ3) is 6.30. The summed E-state index contributed by atoms with van der Waals surface area (Å²) in [4.78, 5) is 14.4. The van der Waals surface area contributed by atoms with Crippen LogP contribution in [0.15, 0.2) is 0 Å². The lowest BCUT2D eigenvalue weighted by molar-refractivity contribution is 0.00766. The van der Waals surface area contributed by atoms with E-state index in [2.05, 4.69) is 12.2 Å². The normalized spacial score (nSPS) is 27.0. The van der Waals surface area contributed by atoms with Gasteiger partial charge in [0.25, 0.3) is 0 Å². The summed E-state index contributed by atoms with van der Waals surface area (Å²) in [5, 5.41) is 3.58. The first kappa shape index (κ1) is 18.5. The van der Waals surface area contributed by atoms with Gasteiger partial charge in [-0.3, -0.25) is 0 Å². The van der Waals surface area contributed by atoms with Crippen LogP contribution in [0, 0.1) is 0 Å². The Bertz CT molecular complexity index is 375. The summed E-state index contributed by atoms with van der Waals surface area (Å²) in [6, 6.07) is 0.665. The summed E-state index contributed by atoms with van der Waals surface area (Å²) in [6.45, 7) is 10.6. The number of likely N-dealkylation sites (tertiary alicyclic amines) is 1. The second kappa shape index (κ2) is 8.34. The monoisotopic (exact) mass is 326 g/mol. The third-order valence-corrected chi connectivity index (χ3v) is 4.60. The van der Waals surface area contributed by atoms with Gasteiger partial charge in [-0.15, -0.1) is 0 Å². The van der Waals surface area contributed by atoms with Crippen molar-refractivity contribution in [2.45, 2.75) is 90.0 Å². The molecule has 2 aliphatic rings. The van der Waals surface area contributed by atoms with Crippen molar-refractivity contribution in [3.05, 3.63) is 0 Å². The van der Waals surface area contributed by atoms with Crippen LogP contribution in [0.4, 0.5) is 4.79 Å². The highest BCUT2D eigenvalue weighted by Crippen LogP contribution is 2.23. The highest BCUT2D eigenvalue weighted by atomic mass is 16.6. The van der Waals surface area contributed by atoms with Gasteiger partial charge in [0, 0.05) is 31.8 Å². The Balaban J connectivity index is 1.81. The SMILES string of the molecule is CC(CC1CCCCN1C(=O)OC(C)(C)C)NCC1CCCO1. The molecule has 3 atom stereocenters. The summed E-state index contributed by atoms with van der Waals surface area (Å²) in [5.74, 6) is 0. The van der Waals surface area contributed by atoms with Crippen molar-refractivity contribution in [1.82, 2.24) is 10.2 Å². The molecular formula is C18H34N2O3. The largest absolute Gasteiger partial charge is 0.444 e. The molecule has 5 nitrogen and oxygen atoms in total. The number of carbonyl (C=O) groups excluding carboxylic acids is 1. The molecular weight excluding hydrogens is 292 g/mol. The molecule has 0 saturated carbocycles. The smallest absolute Gasteiger partial charge is 0.410 e. The molecule has 0 radical (unpaired) electrons. The zero-order valence-electron chi connectivity index (χ0n) is 15.3. The molecule has 0 bridgehead atoms. The first-order valence-corrected chi connectivity index (χ1v) is 9.20. The van der Waals surface area contributed by atoms with Crippen molar-refractivity contribution in [1.29, 1.82) is 0 Å². The molecule has 23 heavy (non-hydrogen) atoms. The van der Waals surface area contributed by atoms with E-state index in [0.29, 0.717) is 12.1 Å². The van der Waals surface area contributed by atoms with Gasteiger partial charge in [0.15, 0.2) is 0 Å². The molecule has 5 heteroatoms. The number of hydrogen-bond acceptors (Lipinski definition) is 4. The molecule has 0 spiro atoms. The number of amides is 1. The number of ether oxygens (including phenoxy) is 2. The van der Waals surface area contributed by atoms with E-state index in [4.69, 9.17) is 9.47 Å². The van der Waals surface area contributed by atoms with Gasteiger partial charge in [-0.1, -0.05) is 0 Å². The van der Waals surface area contributed by atoms with Gasteiger partial charge in [-0.25, -0.2) is 4.79 Å². The lowest BCUT2D eigenvalue weighted by atomic mass is 9.96. The van der Waals surface area contributed by atoms with Crippen LogP contribution in [0.5, 0.6) is 0 Å².